The molecule has 1 aromatic rings. The van der Waals surface area contributed by atoms with Gasteiger partial charge in [0.25, 0.3) is 0 Å². The van der Waals surface area contributed by atoms with Crippen LogP contribution in [0.4, 0.5) is 17.6 Å². The van der Waals surface area contributed by atoms with E-state index in [2.05, 4.69) is 5.32 Å². The van der Waals surface area contributed by atoms with Crippen LogP contribution in [-0.4, -0.2) is 28.1 Å². The fourth-order valence-electron chi connectivity index (χ4n) is 2.43. The van der Waals surface area contributed by atoms with E-state index >= 15 is 0 Å². The lowest BCUT2D eigenvalue weighted by molar-refractivity contribution is 0.358. The molecule has 124 valence electrons. The molecule has 1 aliphatic rings. The zero-order chi connectivity index (χ0) is 16.3. The first kappa shape index (κ1) is 17.2. The highest BCUT2D eigenvalue weighted by Crippen LogP contribution is 2.23. The molecule has 0 bridgehead atoms. The van der Waals surface area contributed by atoms with E-state index < -0.39 is 38.2 Å². The van der Waals surface area contributed by atoms with Crippen molar-refractivity contribution >= 4 is 10.0 Å². The van der Waals surface area contributed by atoms with Gasteiger partial charge in [-0.1, -0.05) is 0 Å². The van der Waals surface area contributed by atoms with Gasteiger partial charge in [0.15, 0.2) is 28.2 Å². The Morgan fingerprint density at radius 2 is 1.82 bits per heavy atom. The Labute approximate surface area is 126 Å². The van der Waals surface area contributed by atoms with E-state index in [0.29, 0.717) is 6.42 Å². The van der Waals surface area contributed by atoms with Crippen molar-refractivity contribution in [1.82, 2.24) is 10.0 Å². The van der Waals surface area contributed by atoms with Gasteiger partial charge in [-0.25, -0.2) is 30.7 Å². The van der Waals surface area contributed by atoms with Gasteiger partial charge in [0, 0.05) is 12.6 Å². The first-order chi connectivity index (χ1) is 10.3. The van der Waals surface area contributed by atoms with Gasteiger partial charge in [0.2, 0.25) is 10.0 Å². The summed E-state index contributed by atoms with van der Waals surface area (Å²) >= 11 is 0. The van der Waals surface area contributed by atoms with Gasteiger partial charge in [-0.2, -0.15) is 0 Å². The van der Waals surface area contributed by atoms with Crippen LogP contribution in [0.5, 0.6) is 0 Å². The maximum Gasteiger partial charge on any atom is 0.246 e. The highest BCUT2D eigenvalue weighted by atomic mass is 32.2. The predicted octanol–water partition coefficient (Wildman–Crippen LogP) is 1.91. The fourth-order valence-corrected chi connectivity index (χ4v) is 3.62. The van der Waals surface area contributed by atoms with Crippen molar-refractivity contribution in [2.75, 3.05) is 19.6 Å². The summed E-state index contributed by atoms with van der Waals surface area (Å²) in [5, 5.41) is 3.15. The molecule has 2 rings (SSSR count). The minimum absolute atomic E-state index is 0.0304. The van der Waals surface area contributed by atoms with Gasteiger partial charge in [-0.15, -0.1) is 0 Å². The molecule has 2 N–H and O–H groups in total. The van der Waals surface area contributed by atoms with Crippen molar-refractivity contribution in [3.63, 3.8) is 0 Å². The van der Waals surface area contributed by atoms with E-state index in [4.69, 9.17) is 0 Å². The third kappa shape index (κ3) is 3.76. The number of benzene rings is 1. The number of piperidine rings is 1. The quantitative estimate of drug-likeness (QED) is 0.636. The maximum absolute atomic E-state index is 13.5. The molecular weight excluding hydrogens is 324 g/mol. The lowest BCUT2D eigenvalue weighted by atomic mass is 9.96. The van der Waals surface area contributed by atoms with Crippen molar-refractivity contribution in [1.29, 1.82) is 0 Å². The Morgan fingerprint density at radius 1 is 1.18 bits per heavy atom. The third-order valence-electron chi connectivity index (χ3n) is 3.58. The van der Waals surface area contributed by atoms with E-state index in [-0.39, 0.29) is 18.5 Å². The molecule has 22 heavy (non-hydrogen) atoms. The van der Waals surface area contributed by atoms with Crippen LogP contribution in [0.25, 0.3) is 0 Å². The lowest BCUT2D eigenvalue weighted by Gasteiger charge is -2.22. The van der Waals surface area contributed by atoms with Gasteiger partial charge >= 0.3 is 0 Å². The molecule has 1 heterocycles. The van der Waals surface area contributed by atoms with Crippen LogP contribution in [0.1, 0.15) is 19.3 Å². The number of hydrogen-bond acceptors (Lipinski definition) is 3. The Balaban J connectivity index is 2.10. The van der Waals surface area contributed by atoms with Crippen LogP contribution in [-0.2, 0) is 10.0 Å². The summed E-state index contributed by atoms with van der Waals surface area (Å²) in [6, 6.07) is -0.0304. The lowest BCUT2D eigenvalue weighted by Crippen LogP contribution is -2.33. The summed E-state index contributed by atoms with van der Waals surface area (Å²) in [4.78, 5) is -1.62. The molecule has 0 aliphatic carbocycles. The van der Waals surface area contributed by atoms with Gasteiger partial charge in [0.1, 0.15) is 0 Å². The predicted molar refractivity (Wildman–Crippen MR) is 71.7 cm³/mol. The van der Waals surface area contributed by atoms with Gasteiger partial charge in [0.05, 0.1) is 0 Å². The van der Waals surface area contributed by atoms with Crippen molar-refractivity contribution in [2.24, 2.45) is 5.92 Å². The van der Waals surface area contributed by atoms with Crippen LogP contribution >= 0.6 is 0 Å². The zero-order valence-electron chi connectivity index (χ0n) is 11.6. The van der Waals surface area contributed by atoms with Gasteiger partial charge < -0.3 is 5.32 Å². The molecule has 0 amide bonds. The standard InChI is InChI=1S/C13H16F4N2O2S/c14-9-6-10(15)12(17)13(11(9)16)22(20,21)19-5-3-8-2-1-4-18-7-8/h6,8,18-19H,1-5,7H2. The summed E-state index contributed by atoms with van der Waals surface area (Å²) in [6.45, 7) is 1.58. The van der Waals surface area contributed by atoms with Crippen molar-refractivity contribution in [2.45, 2.75) is 24.2 Å². The Morgan fingerprint density at radius 3 is 2.36 bits per heavy atom. The van der Waals surface area contributed by atoms with Gasteiger partial charge in [-0.3, -0.25) is 0 Å². The fraction of sp³-hybridized carbons (Fsp3) is 0.538. The van der Waals surface area contributed by atoms with E-state index in [1.807, 2.05) is 4.72 Å². The minimum Gasteiger partial charge on any atom is -0.316 e. The number of rotatable bonds is 5. The summed E-state index contributed by atoms with van der Waals surface area (Å²) in [7, 11) is -4.67. The SMILES string of the molecule is O=S(=O)(NCCC1CCCNC1)c1c(F)c(F)cc(F)c1F. The van der Waals surface area contributed by atoms with E-state index in [1.165, 1.54) is 0 Å². The number of sulfonamides is 1. The van der Waals surface area contributed by atoms with Crippen molar-refractivity contribution in [3.05, 3.63) is 29.3 Å². The normalized spacial score (nSPS) is 19.4. The van der Waals surface area contributed by atoms with Crippen molar-refractivity contribution in [3.8, 4) is 0 Å². The molecule has 0 radical (unpaired) electrons. The number of halogens is 4. The third-order valence-corrected chi connectivity index (χ3v) is 5.06. The van der Waals surface area contributed by atoms with Crippen LogP contribution in [0.3, 0.4) is 0 Å². The second kappa shape index (κ2) is 6.93. The Bertz CT molecular complexity index is 620. The first-order valence-corrected chi connectivity index (χ1v) is 8.34. The largest absolute Gasteiger partial charge is 0.316 e. The van der Waals surface area contributed by atoms with E-state index in [1.54, 1.807) is 0 Å². The summed E-state index contributed by atoms with van der Waals surface area (Å²) in [6.07, 6.45) is 2.36. The summed E-state index contributed by atoms with van der Waals surface area (Å²) < 4.78 is 78.9. The molecule has 0 aromatic heterocycles. The molecule has 1 fully saturated rings. The molecule has 1 aromatic carbocycles. The minimum atomic E-state index is -4.67. The first-order valence-electron chi connectivity index (χ1n) is 6.86. The summed E-state index contributed by atoms with van der Waals surface area (Å²) in [5.41, 5.74) is 0. The van der Waals surface area contributed by atoms with E-state index in [9.17, 15) is 26.0 Å². The topological polar surface area (TPSA) is 58.2 Å². The molecule has 1 unspecified atom stereocenters. The highest BCUT2D eigenvalue weighted by molar-refractivity contribution is 7.89. The number of nitrogens with one attached hydrogen (secondary N) is 2. The molecule has 0 saturated carbocycles. The molecular formula is C13H16F4N2O2S. The molecule has 1 atom stereocenters. The average Bonchev–Trinajstić information content (AvgIpc) is 2.46. The highest BCUT2D eigenvalue weighted by Gasteiger charge is 2.29. The zero-order valence-corrected chi connectivity index (χ0v) is 12.5. The van der Waals surface area contributed by atoms with Crippen molar-refractivity contribution < 1.29 is 26.0 Å². The smallest absolute Gasteiger partial charge is 0.246 e. The molecule has 1 aliphatic heterocycles. The van der Waals surface area contributed by atoms with Crippen LogP contribution in [0.2, 0.25) is 0 Å². The average molecular weight is 340 g/mol. The van der Waals surface area contributed by atoms with E-state index in [0.717, 1.165) is 25.9 Å². The van der Waals surface area contributed by atoms with Gasteiger partial charge in [-0.05, 0) is 38.3 Å². The van der Waals surface area contributed by atoms with Crippen LogP contribution < -0.4 is 10.0 Å². The second-order valence-corrected chi connectivity index (χ2v) is 6.90. The monoisotopic (exact) mass is 340 g/mol. The maximum atomic E-state index is 13.5. The molecule has 1 saturated heterocycles. The molecule has 0 spiro atoms. The molecule has 4 nitrogen and oxygen atoms in total. The summed E-state index contributed by atoms with van der Waals surface area (Å²) in [5.74, 6) is -7.11. The second-order valence-electron chi connectivity index (χ2n) is 5.20. The molecule has 9 heteroatoms. The van der Waals surface area contributed by atoms with Crippen LogP contribution in [0.15, 0.2) is 11.0 Å². The van der Waals surface area contributed by atoms with Crippen LogP contribution in [0, 0.1) is 29.2 Å². The Hall–Kier alpha value is -1.19. The Kier molecular flexibility index (Phi) is 5.41. The number of hydrogen-bond donors (Lipinski definition) is 2.